The van der Waals surface area contributed by atoms with Crippen molar-refractivity contribution in [2.45, 2.75) is 38.5 Å². The standard InChI is InChI=1S/C19H24N2O2S/c1-13-12-24-18(20-13)16-5-4-10-21(11-16)19(22)14(2)15-6-8-17(23-3)9-7-15/h6-9,12,14,16H,4-5,10-11H2,1-3H3/t14-,16-/m1/s1. The van der Waals surface area contributed by atoms with Gasteiger partial charge in [0, 0.05) is 30.1 Å². The van der Waals surface area contributed by atoms with Crippen LogP contribution in [0.15, 0.2) is 29.6 Å². The molecule has 0 radical (unpaired) electrons. The van der Waals surface area contributed by atoms with Gasteiger partial charge in [-0.2, -0.15) is 0 Å². The fourth-order valence-electron chi connectivity index (χ4n) is 3.25. The topological polar surface area (TPSA) is 42.4 Å². The molecule has 1 aromatic carbocycles. The van der Waals surface area contributed by atoms with E-state index in [9.17, 15) is 4.79 Å². The van der Waals surface area contributed by atoms with Crippen molar-refractivity contribution in [2.75, 3.05) is 20.2 Å². The predicted octanol–water partition coefficient (Wildman–Crippen LogP) is 3.97. The number of likely N-dealkylation sites (tertiary alicyclic amines) is 1. The number of hydrogen-bond acceptors (Lipinski definition) is 4. The highest BCUT2D eigenvalue weighted by atomic mass is 32.1. The van der Waals surface area contributed by atoms with Crippen LogP contribution >= 0.6 is 11.3 Å². The molecule has 128 valence electrons. The van der Waals surface area contributed by atoms with Crippen molar-refractivity contribution < 1.29 is 9.53 Å². The number of carbonyl (C=O) groups excluding carboxylic acids is 1. The summed E-state index contributed by atoms with van der Waals surface area (Å²) < 4.78 is 5.19. The molecule has 0 aliphatic carbocycles. The van der Waals surface area contributed by atoms with Crippen molar-refractivity contribution in [3.63, 3.8) is 0 Å². The second-order valence-electron chi connectivity index (χ2n) is 6.45. The Kier molecular flexibility index (Phi) is 5.19. The quantitative estimate of drug-likeness (QED) is 0.843. The third kappa shape index (κ3) is 3.61. The van der Waals surface area contributed by atoms with Gasteiger partial charge in [-0.05, 0) is 44.4 Å². The number of rotatable bonds is 4. The molecule has 3 rings (SSSR count). The van der Waals surface area contributed by atoms with Gasteiger partial charge in [0.15, 0.2) is 0 Å². The number of nitrogens with zero attached hydrogens (tertiary/aromatic N) is 2. The van der Waals surface area contributed by atoms with E-state index >= 15 is 0 Å². The number of hydrogen-bond donors (Lipinski definition) is 0. The van der Waals surface area contributed by atoms with Crippen molar-refractivity contribution in [2.24, 2.45) is 0 Å². The molecule has 1 amide bonds. The maximum absolute atomic E-state index is 12.9. The molecule has 1 aromatic heterocycles. The smallest absolute Gasteiger partial charge is 0.229 e. The van der Waals surface area contributed by atoms with E-state index in [-0.39, 0.29) is 11.8 Å². The summed E-state index contributed by atoms with van der Waals surface area (Å²) in [5.74, 6) is 1.27. The first kappa shape index (κ1) is 17.0. The van der Waals surface area contributed by atoms with E-state index in [1.165, 1.54) is 5.01 Å². The lowest BCUT2D eigenvalue weighted by Gasteiger charge is -2.33. The van der Waals surface area contributed by atoms with Gasteiger partial charge in [0.25, 0.3) is 0 Å². The lowest BCUT2D eigenvalue weighted by atomic mass is 9.95. The van der Waals surface area contributed by atoms with Gasteiger partial charge in [0.1, 0.15) is 5.75 Å². The number of amides is 1. The van der Waals surface area contributed by atoms with E-state index in [1.54, 1.807) is 18.4 Å². The van der Waals surface area contributed by atoms with Crippen LogP contribution in [-0.2, 0) is 4.79 Å². The van der Waals surface area contributed by atoms with Crippen molar-refractivity contribution in [1.29, 1.82) is 0 Å². The number of methoxy groups -OCH3 is 1. The SMILES string of the molecule is COc1ccc([C@@H](C)C(=O)N2CCC[C@@H](c3nc(C)cs3)C2)cc1. The minimum atomic E-state index is -0.132. The molecule has 0 N–H and O–H groups in total. The van der Waals surface area contributed by atoms with Gasteiger partial charge in [-0.15, -0.1) is 11.3 Å². The van der Waals surface area contributed by atoms with E-state index in [2.05, 4.69) is 10.4 Å². The molecule has 1 saturated heterocycles. The minimum absolute atomic E-state index is 0.132. The van der Waals surface area contributed by atoms with Crippen LogP contribution in [0.2, 0.25) is 0 Å². The van der Waals surface area contributed by atoms with Crippen LogP contribution in [-0.4, -0.2) is 36.0 Å². The number of benzene rings is 1. The van der Waals surface area contributed by atoms with Crippen LogP contribution in [0.3, 0.4) is 0 Å². The Morgan fingerprint density at radius 1 is 1.38 bits per heavy atom. The molecule has 0 saturated carbocycles. The highest BCUT2D eigenvalue weighted by molar-refractivity contribution is 7.09. The number of aryl methyl sites for hydroxylation is 1. The predicted molar refractivity (Wildman–Crippen MR) is 96.8 cm³/mol. The summed E-state index contributed by atoms with van der Waals surface area (Å²) in [6.45, 7) is 5.64. The van der Waals surface area contributed by atoms with Gasteiger partial charge in [0.2, 0.25) is 5.91 Å². The highest BCUT2D eigenvalue weighted by Gasteiger charge is 2.29. The molecule has 2 heterocycles. The monoisotopic (exact) mass is 344 g/mol. The van der Waals surface area contributed by atoms with Crippen LogP contribution in [0, 0.1) is 6.92 Å². The van der Waals surface area contributed by atoms with Gasteiger partial charge in [-0.25, -0.2) is 4.98 Å². The van der Waals surface area contributed by atoms with Gasteiger partial charge in [-0.1, -0.05) is 12.1 Å². The highest BCUT2D eigenvalue weighted by Crippen LogP contribution is 2.31. The number of carbonyl (C=O) groups is 1. The average molecular weight is 344 g/mol. The summed E-state index contributed by atoms with van der Waals surface area (Å²) >= 11 is 1.72. The Morgan fingerprint density at radius 2 is 2.12 bits per heavy atom. The molecule has 2 atom stereocenters. The number of aromatic nitrogens is 1. The van der Waals surface area contributed by atoms with E-state index in [0.29, 0.717) is 5.92 Å². The van der Waals surface area contributed by atoms with Gasteiger partial charge in [-0.3, -0.25) is 4.79 Å². The fraction of sp³-hybridized carbons (Fsp3) is 0.474. The summed E-state index contributed by atoms with van der Waals surface area (Å²) in [6, 6.07) is 7.78. The third-order valence-corrected chi connectivity index (χ3v) is 5.83. The largest absolute Gasteiger partial charge is 0.497 e. The molecular formula is C19H24N2O2S. The zero-order valence-electron chi connectivity index (χ0n) is 14.5. The van der Waals surface area contributed by atoms with Crippen LogP contribution in [0.4, 0.5) is 0 Å². The molecule has 1 aliphatic heterocycles. The van der Waals surface area contributed by atoms with Crippen LogP contribution in [0.1, 0.15) is 47.9 Å². The van der Waals surface area contributed by atoms with Crippen molar-refractivity contribution in [3.8, 4) is 5.75 Å². The molecule has 0 bridgehead atoms. The molecule has 0 spiro atoms. The summed E-state index contributed by atoms with van der Waals surface area (Å²) in [5, 5.41) is 3.26. The number of thiazole rings is 1. The molecule has 2 aromatic rings. The Balaban J connectivity index is 1.69. The van der Waals surface area contributed by atoms with Crippen molar-refractivity contribution >= 4 is 17.2 Å². The van der Waals surface area contributed by atoms with Gasteiger partial charge in [0.05, 0.1) is 18.0 Å². The van der Waals surface area contributed by atoms with Gasteiger partial charge >= 0.3 is 0 Å². The Hall–Kier alpha value is -1.88. The van der Waals surface area contributed by atoms with Crippen molar-refractivity contribution in [1.82, 2.24) is 9.88 Å². The molecule has 5 heteroatoms. The minimum Gasteiger partial charge on any atom is -0.497 e. The molecule has 4 nitrogen and oxygen atoms in total. The Bertz CT molecular complexity index is 696. The summed E-state index contributed by atoms with van der Waals surface area (Å²) in [4.78, 5) is 19.5. The van der Waals surface area contributed by atoms with E-state index in [1.807, 2.05) is 43.0 Å². The maximum Gasteiger partial charge on any atom is 0.229 e. The third-order valence-electron chi connectivity index (χ3n) is 4.71. The molecular weight excluding hydrogens is 320 g/mol. The molecule has 1 aliphatic rings. The number of piperidine rings is 1. The maximum atomic E-state index is 12.9. The van der Waals surface area contributed by atoms with E-state index in [0.717, 1.165) is 42.9 Å². The van der Waals surface area contributed by atoms with Crippen LogP contribution in [0.5, 0.6) is 5.75 Å². The zero-order chi connectivity index (χ0) is 17.1. The first-order valence-corrected chi connectivity index (χ1v) is 9.31. The van der Waals surface area contributed by atoms with Crippen LogP contribution < -0.4 is 4.74 Å². The summed E-state index contributed by atoms with van der Waals surface area (Å²) in [6.07, 6.45) is 2.16. The molecule has 1 fully saturated rings. The summed E-state index contributed by atoms with van der Waals surface area (Å²) in [5.41, 5.74) is 2.11. The lowest BCUT2D eigenvalue weighted by Crippen LogP contribution is -2.41. The normalized spacial score (nSPS) is 19.1. The lowest BCUT2D eigenvalue weighted by molar-refractivity contribution is -0.133. The molecule has 0 unspecified atom stereocenters. The second-order valence-corrected chi connectivity index (χ2v) is 7.34. The fourth-order valence-corrected chi connectivity index (χ4v) is 4.17. The molecule has 24 heavy (non-hydrogen) atoms. The van der Waals surface area contributed by atoms with E-state index in [4.69, 9.17) is 4.74 Å². The van der Waals surface area contributed by atoms with Crippen LogP contribution in [0.25, 0.3) is 0 Å². The summed E-state index contributed by atoms with van der Waals surface area (Å²) in [7, 11) is 1.65. The first-order chi connectivity index (χ1) is 11.6. The Labute approximate surface area is 147 Å². The number of ether oxygens (including phenoxy) is 1. The van der Waals surface area contributed by atoms with Crippen molar-refractivity contribution in [3.05, 3.63) is 45.9 Å². The first-order valence-electron chi connectivity index (χ1n) is 8.43. The Morgan fingerprint density at radius 3 is 2.75 bits per heavy atom. The average Bonchev–Trinajstić information content (AvgIpc) is 3.07. The van der Waals surface area contributed by atoms with E-state index < -0.39 is 0 Å². The van der Waals surface area contributed by atoms with Gasteiger partial charge < -0.3 is 9.64 Å². The zero-order valence-corrected chi connectivity index (χ0v) is 15.3. The second kappa shape index (κ2) is 7.34.